The van der Waals surface area contributed by atoms with Crippen LogP contribution in [0.3, 0.4) is 0 Å². The molecule has 1 aromatic rings. The maximum Gasteiger partial charge on any atom is 0.153 e. The van der Waals surface area contributed by atoms with Crippen LogP contribution in [0.5, 0.6) is 0 Å². The van der Waals surface area contributed by atoms with E-state index in [-0.39, 0.29) is 11.2 Å². The summed E-state index contributed by atoms with van der Waals surface area (Å²) in [6.45, 7) is 0. The highest BCUT2D eigenvalue weighted by Gasteiger charge is 2.44. The zero-order chi connectivity index (χ0) is 10.9. The topological polar surface area (TPSA) is 17.1 Å². The minimum atomic E-state index is -0.228. The smallest absolute Gasteiger partial charge is 0.153 e. The normalized spacial score (nSPS) is 18.3. The second-order valence-corrected chi connectivity index (χ2v) is 5.00. The van der Waals surface area contributed by atoms with Crippen molar-refractivity contribution in [1.82, 2.24) is 0 Å². The van der Waals surface area contributed by atoms with Gasteiger partial charge in [-0.25, -0.2) is 0 Å². The van der Waals surface area contributed by atoms with Gasteiger partial charge in [0.1, 0.15) is 0 Å². The van der Waals surface area contributed by atoms with Crippen LogP contribution in [-0.4, -0.2) is 11.1 Å². The van der Waals surface area contributed by atoms with Crippen LogP contribution in [0.1, 0.15) is 24.8 Å². The molecule has 1 nitrogen and oxygen atoms in total. The van der Waals surface area contributed by atoms with Crippen molar-refractivity contribution in [3.8, 4) is 0 Å². The number of Topliss-reactive ketones (excluding diaryl/α,β-unsaturated/α-hetero) is 1. The lowest BCUT2D eigenvalue weighted by Crippen LogP contribution is -2.43. The van der Waals surface area contributed by atoms with Crippen molar-refractivity contribution in [2.75, 3.05) is 5.33 Å². The summed E-state index contributed by atoms with van der Waals surface area (Å²) >= 11 is 9.10. The fourth-order valence-corrected chi connectivity index (χ4v) is 2.82. The molecule has 0 aliphatic heterocycles. The zero-order valence-electron chi connectivity index (χ0n) is 8.30. The summed E-state index contributed by atoms with van der Waals surface area (Å²) in [5, 5.41) is 1.16. The number of benzene rings is 1. The van der Waals surface area contributed by atoms with Crippen LogP contribution in [0, 0.1) is 0 Å². The van der Waals surface area contributed by atoms with Gasteiger partial charge in [0, 0.05) is 5.02 Å². The Hall–Kier alpha value is -0.340. The van der Waals surface area contributed by atoms with Crippen LogP contribution < -0.4 is 0 Å². The second-order valence-electron chi connectivity index (χ2n) is 4.00. The fourth-order valence-electron chi connectivity index (χ4n) is 2.16. The van der Waals surface area contributed by atoms with E-state index < -0.39 is 0 Å². The van der Waals surface area contributed by atoms with Gasteiger partial charge in [-0.3, -0.25) is 4.79 Å². The number of halogens is 2. The SMILES string of the molecule is O=C(CBr)C1(c2ccc(Cl)cc2)CCC1. The highest BCUT2D eigenvalue weighted by Crippen LogP contribution is 2.45. The lowest BCUT2D eigenvalue weighted by molar-refractivity contribution is -0.124. The molecule has 0 bridgehead atoms. The van der Waals surface area contributed by atoms with Crippen LogP contribution in [0.4, 0.5) is 0 Å². The molecule has 0 unspecified atom stereocenters. The van der Waals surface area contributed by atoms with Crippen LogP contribution in [-0.2, 0) is 10.2 Å². The third-order valence-electron chi connectivity index (χ3n) is 3.26. The van der Waals surface area contributed by atoms with E-state index in [0.29, 0.717) is 5.33 Å². The van der Waals surface area contributed by atoms with E-state index >= 15 is 0 Å². The standard InChI is InChI=1S/C12H12BrClO/c13-8-11(15)12(6-1-7-12)9-2-4-10(14)5-3-9/h2-5H,1,6-8H2. The molecule has 15 heavy (non-hydrogen) atoms. The van der Waals surface area contributed by atoms with Gasteiger partial charge >= 0.3 is 0 Å². The molecule has 80 valence electrons. The number of alkyl halides is 1. The third-order valence-corrected chi connectivity index (χ3v) is 4.02. The van der Waals surface area contributed by atoms with Gasteiger partial charge in [-0.1, -0.05) is 46.1 Å². The quantitative estimate of drug-likeness (QED) is 0.774. The van der Waals surface area contributed by atoms with Crippen molar-refractivity contribution >= 4 is 33.3 Å². The zero-order valence-corrected chi connectivity index (χ0v) is 10.6. The molecular weight excluding hydrogens is 275 g/mol. The molecule has 0 aromatic heterocycles. The first-order valence-electron chi connectivity index (χ1n) is 5.04. The molecule has 0 atom stereocenters. The Morgan fingerprint density at radius 2 is 1.93 bits per heavy atom. The molecular formula is C12H12BrClO. The molecule has 1 saturated carbocycles. The minimum Gasteiger partial charge on any atom is -0.298 e. The van der Waals surface area contributed by atoms with Crippen molar-refractivity contribution in [3.05, 3.63) is 34.9 Å². The van der Waals surface area contributed by atoms with Crippen molar-refractivity contribution in [2.24, 2.45) is 0 Å². The van der Waals surface area contributed by atoms with E-state index in [0.717, 1.165) is 29.8 Å². The number of carbonyl (C=O) groups is 1. The summed E-state index contributed by atoms with van der Waals surface area (Å²) < 4.78 is 0. The number of hydrogen-bond acceptors (Lipinski definition) is 1. The molecule has 1 aromatic carbocycles. The number of rotatable bonds is 3. The first-order valence-corrected chi connectivity index (χ1v) is 6.54. The average Bonchev–Trinajstić information content (AvgIpc) is 2.19. The molecule has 2 rings (SSSR count). The predicted octanol–water partition coefficient (Wildman–Crippen LogP) is 3.73. The van der Waals surface area contributed by atoms with E-state index in [9.17, 15) is 4.79 Å². The molecule has 0 heterocycles. The van der Waals surface area contributed by atoms with Crippen LogP contribution in [0.2, 0.25) is 5.02 Å². The highest BCUT2D eigenvalue weighted by molar-refractivity contribution is 9.09. The molecule has 1 aliphatic rings. The lowest BCUT2D eigenvalue weighted by Gasteiger charge is -2.40. The van der Waals surface area contributed by atoms with Crippen LogP contribution in [0.25, 0.3) is 0 Å². The Balaban J connectivity index is 2.34. The summed E-state index contributed by atoms with van der Waals surface area (Å²) in [4.78, 5) is 11.9. The highest BCUT2D eigenvalue weighted by atomic mass is 79.9. The van der Waals surface area contributed by atoms with E-state index in [2.05, 4.69) is 15.9 Å². The maximum atomic E-state index is 11.9. The van der Waals surface area contributed by atoms with Gasteiger partial charge in [-0.15, -0.1) is 0 Å². The van der Waals surface area contributed by atoms with Crippen molar-refractivity contribution in [3.63, 3.8) is 0 Å². The Kier molecular flexibility index (Phi) is 3.17. The third kappa shape index (κ3) is 1.85. The van der Waals surface area contributed by atoms with E-state index in [1.165, 1.54) is 0 Å². The summed E-state index contributed by atoms with van der Waals surface area (Å²) in [5.41, 5.74) is 0.885. The largest absolute Gasteiger partial charge is 0.298 e. The fraction of sp³-hybridized carbons (Fsp3) is 0.417. The molecule has 0 radical (unpaired) electrons. The lowest BCUT2D eigenvalue weighted by atomic mass is 9.62. The maximum absolute atomic E-state index is 11.9. The van der Waals surface area contributed by atoms with Crippen molar-refractivity contribution in [2.45, 2.75) is 24.7 Å². The van der Waals surface area contributed by atoms with Crippen molar-refractivity contribution in [1.29, 1.82) is 0 Å². The average molecular weight is 288 g/mol. The Labute approximate surface area is 103 Å². The monoisotopic (exact) mass is 286 g/mol. The molecule has 1 aliphatic carbocycles. The van der Waals surface area contributed by atoms with Gasteiger partial charge in [0.05, 0.1) is 10.7 Å². The molecule has 0 amide bonds. The van der Waals surface area contributed by atoms with Crippen LogP contribution >= 0.6 is 27.5 Å². The molecule has 0 N–H and O–H groups in total. The summed E-state index contributed by atoms with van der Waals surface area (Å²) in [5.74, 6) is 0.288. The summed E-state index contributed by atoms with van der Waals surface area (Å²) in [6.07, 6.45) is 3.08. The molecule has 1 fully saturated rings. The van der Waals surface area contributed by atoms with Crippen molar-refractivity contribution < 1.29 is 4.79 Å². The predicted molar refractivity (Wildman–Crippen MR) is 65.8 cm³/mol. The van der Waals surface area contributed by atoms with E-state index in [1.54, 1.807) is 0 Å². The van der Waals surface area contributed by atoms with Gasteiger partial charge in [0.25, 0.3) is 0 Å². The van der Waals surface area contributed by atoms with Crippen LogP contribution in [0.15, 0.2) is 24.3 Å². The summed E-state index contributed by atoms with van der Waals surface area (Å²) in [7, 11) is 0. The minimum absolute atomic E-state index is 0.228. The number of carbonyl (C=O) groups excluding carboxylic acids is 1. The Morgan fingerprint density at radius 3 is 2.33 bits per heavy atom. The van der Waals surface area contributed by atoms with Gasteiger partial charge in [0.2, 0.25) is 0 Å². The number of ketones is 1. The molecule has 0 saturated heterocycles. The van der Waals surface area contributed by atoms with E-state index in [4.69, 9.17) is 11.6 Å². The van der Waals surface area contributed by atoms with Gasteiger partial charge in [-0.05, 0) is 30.5 Å². The Bertz CT molecular complexity index is 368. The molecule has 3 heteroatoms. The summed E-state index contributed by atoms with van der Waals surface area (Å²) in [6, 6.07) is 7.67. The first kappa shape index (κ1) is 11.2. The first-order chi connectivity index (χ1) is 7.19. The molecule has 0 spiro atoms. The van der Waals surface area contributed by atoms with Gasteiger partial charge in [-0.2, -0.15) is 0 Å². The van der Waals surface area contributed by atoms with Gasteiger partial charge in [0.15, 0.2) is 5.78 Å². The Morgan fingerprint density at radius 1 is 1.33 bits per heavy atom. The number of hydrogen-bond donors (Lipinski definition) is 0. The second kappa shape index (κ2) is 4.26. The van der Waals surface area contributed by atoms with E-state index in [1.807, 2.05) is 24.3 Å². The van der Waals surface area contributed by atoms with Gasteiger partial charge < -0.3 is 0 Å².